The predicted molar refractivity (Wildman–Crippen MR) is 67.4 cm³/mol. The van der Waals surface area contributed by atoms with Crippen molar-refractivity contribution >= 4 is 27.7 Å². The highest BCUT2D eigenvalue weighted by Gasteiger charge is 2.11. The quantitative estimate of drug-likeness (QED) is 0.662. The van der Waals surface area contributed by atoms with Crippen LogP contribution in [-0.2, 0) is 11.2 Å². The third-order valence-corrected chi connectivity index (χ3v) is 2.43. The van der Waals surface area contributed by atoms with Crippen LogP contribution in [0.1, 0.15) is 19.2 Å². The molecule has 1 aromatic heterocycles. The Labute approximate surface area is 108 Å². The maximum Gasteiger partial charge on any atom is 0.248 e. The number of carbonyl (C=O) groups excluding carboxylic acids is 1. The summed E-state index contributed by atoms with van der Waals surface area (Å²) < 4.78 is 0.659. The smallest absolute Gasteiger partial charge is 0.248 e. The number of hydrogen-bond donors (Lipinski definition) is 3. The Morgan fingerprint density at radius 2 is 2.35 bits per heavy atom. The van der Waals surface area contributed by atoms with Gasteiger partial charge in [0.2, 0.25) is 5.91 Å². The van der Waals surface area contributed by atoms with Crippen molar-refractivity contribution in [3.8, 4) is 0 Å². The van der Waals surface area contributed by atoms with Crippen LogP contribution in [-0.4, -0.2) is 33.6 Å². The molecule has 0 saturated carbocycles. The minimum atomic E-state index is -1.22. The summed E-state index contributed by atoms with van der Waals surface area (Å²) in [6.45, 7) is 2.07. The third-order valence-electron chi connectivity index (χ3n) is 2.02. The monoisotopic (exact) mass is 302 g/mol. The average Bonchev–Trinajstić information content (AvgIpc) is 2.25. The number of carbonyl (C=O) groups is 1. The van der Waals surface area contributed by atoms with E-state index in [0.717, 1.165) is 12.8 Å². The first-order valence-corrected chi connectivity index (χ1v) is 6.07. The van der Waals surface area contributed by atoms with E-state index >= 15 is 0 Å². The Balaban J connectivity index is 2.67. The van der Waals surface area contributed by atoms with Crippen molar-refractivity contribution in [2.24, 2.45) is 5.73 Å². The van der Waals surface area contributed by atoms with Crippen molar-refractivity contribution in [1.29, 1.82) is 0 Å². The number of aromatic nitrogens is 2. The molecule has 0 aliphatic carbocycles. The summed E-state index contributed by atoms with van der Waals surface area (Å²) in [5.74, 6) is 0.493. The number of aliphatic hydroxyl groups is 1. The second-order valence-corrected chi connectivity index (χ2v) is 4.35. The van der Waals surface area contributed by atoms with Crippen molar-refractivity contribution in [2.75, 3.05) is 11.9 Å². The van der Waals surface area contributed by atoms with E-state index in [1.807, 2.05) is 6.92 Å². The molecular weight excluding hydrogens is 288 g/mol. The summed E-state index contributed by atoms with van der Waals surface area (Å²) in [5.41, 5.74) is 4.94. The molecule has 0 saturated heterocycles. The number of halogens is 1. The second kappa shape index (κ2) is 6.51. The van der Waals surface area contributed by atoms with Gasteiger partial charge in [-0.25, -0.2) is 9.97 Å². The zero-order valence-electron chi connectivity index (χ0n) is 9.48. The zero-order chi connectivity index (χ0) is 12.8. The first-order valence-electron chi connectivity index (χ1n) is 5.27. The van der Waals surface area contributed by atoms with Crippen molar-refractivity contribution in [1.82, 2.24) is 9.97 Å². The van der Waals surface area contributed by atoms with Gasteiger partial charge in [-0.15, -0.1) is 0 Å². The molecule has 1 rings (SSSR count). The Morgan fingerprint density at radius 3 is 2.94 bits per heavy atom. The highest BCUT2D eigenvalue weighted by molar-refractivity contribution is 9.10. The summed E-state index contributed by atoms with van der Waals surface area (Å²) in [6, 6.07) is 1.67. The molecule has 0 fully saturated rings. The van der Waals surface area contributed by atoms with Crippen molar-refractivity contribution in [3.05, 3.63) is 16.5 Å². The first kappa shape index (κ1) is 13.9. The maximum absolute atomic E-state index is 10.6. The van der Waals surface area contributed by atoms with E-state index < -0.39 is 12.0 Å². The fourth-order valence-electron chi connectivity index (χ4n) is 1.19. The van der Waals surface area contributed by atoms with E-state index in [1.165, 1.54) is 0 Å². The fourth-order valence-corrected chi connectivity index (χ4v) is 1.61. The lowest BCUT2D eigenvalue weighted by molar-refractivity contribution is -0.125. The Hall–Kier alpha value is -1.21. The largest absolute Gasteiger partial charge is 0.381 e. The molecule has 17 heavy (non-hydrogen) atoms. The van der Waals surface area contributed by atoms with Crippen LogP contribution in [0.2, 0.25) is 0 Å². The number of nitrogens with zero attached hydrogens (tertiary/aromatic N) is 2. The van der Waals surface area contributed by atoms with Gasteiger partial charge in [0.05, 0.1) is 6.54 Å². The fraction of sp³-hybridized carbons (Fsp3) is 0.500. The van der Waals surface area contributed by atoms with Gasteiger partial charge in [0.15, 0.2) is 0 Å². The van der Waals surface area contributed by atoms with Crippen LogP contribution in [0, 0.1) is 0 Å². The summed E-state index contributed by atoms with van der Waals surface area (Å²) in [4.78, 5) is 19.1. The number of rotatable bonds is 6. The Morgan fingerprint density at radius 1 is 1.65 bits per heavy atom. The first-order chi connectivity index (χ1) is 8.02. The number of nitrogens with two attached hydrogens (primary N) is 1. The number of amides is 1. The Bertz CT molecular complexity index is 400. The van der Waals surface area contributed by atoms with Gasteiger partial charge in [0.1, 0.15) is 22.3 Å². The minimum absolute atomic E-state index is 0.0321. The number of aliphatic hydroxyl groups excluding tert-OH is 1. The van der Waals surface area contributed by atoms with Gasteiger partial charge in [0.25, 0.3) is 0 Å². The molecule has 0 spiro atoms. The topological polar surface area (TPSA) is 101 Å². The number of primary amides is 1. The van der Waals surface area contributed by atoms with E-state index in [-0.39, 0.29) is 6.54 Å². The molecule has 1 aromatic rings. The molecule has 94 valence electrons. The molecule has 1 unspecified atom stereocenters. The van der Waals surface area contributed by atoms with Gasteiger partial charge < -0.3 is 16.2 Å². The van der Waals surface area contributed by atoms with E-state index in [2.05, 4.69) is 31.2 Å². The SMILES string of the molecule is CCCc1nc(Br)cc(NCC(O)C(N)=O)n1. The Kier molecular flexibility index (Phi) is 5.30. The lowest BCUT2D eigenvalue weighted by Crippen LogP contribution is -2.34. The zero-order valence-corrected chi connectivity index (χ0v) is 11.1. The van der Waals surface area contributed by atoms with Crippen molar-refractivity contribution < 1.29 is 9.90 Å². The van der Waals surface area contributed by atoms with Crippen molar-refractivity contribution in [2.45, 2.75) is 25.9 Å². The lowest BCUT2D eigenvalue weighted by atomic mass is 10.3. The minimum Gasteiger partial charge on any atom is -0.381 e. The predicted octanol–water partition coefficient (Wildman–Crippen LogP) is 0.450. The van der Waals surface area contributed by atoms with Crippen LogP contribution >= 0.6 is 15.9 Å². The summed E-state index contributed by atoms with van der Waals surface area (Å²) >= 11 is 3.27. The molecule has 0 aliphatic heterocycles. The molecular formula is C10H15BrN4O2. The van der Waals surface area contributed by atoms with Crippen LogP contribution < -0.4 is 11.1 Å². The summed E-state index contributed by atoms with van der Waals surface area (Å²) in [7, 11) is 0. The molecule has 0 radical (unpaired) electrons. The second-order valence-electron chi connectivity index (χ2n) is 3.54. The summed E-state index contributed by atoms with van der Waals surface area (Å²) in [5, 5.41) is 12.1. The molecule has 0 aliphatic rings. The molecule has 6 nitrogen and oxygen atoms in total. The number of nitrogens with one attached hydrogen (secondary N) is 1. The van der Waals surface area contributed by atoms with Gasteiger partial charge >= 0.3 is 0 Å². The van der Waals surface area contributed by atoms with Gasteiger partial charge in [-0.05, 0) is 22.4 Å². The van der Waals surface area contributed by atoms with Gasteiger partial charge in [-0.1, -0.05) is 6.92 Å². The van der Waals surface area contributed by atoms with E-state index in [4.69, 9.17) is 5.73 Å². The highest BCUT2D eigenvalue weighted by atomic mass is 79.9. The summed E-state index contributed by atoms with van der Waals surface area (Å²) in [6.07, 6.45) is 0.491. The van der Waals surface area contributed by atoms with E-state index in [1.54, 1.807) is 6.07 Å². The molecule has 0 bridgehead atoms. The average molecular weight is 303 g/mol. The van der Waals surface area contributed by atoms with Gasteiger partial charge in [-0.2, -0.15) is 0 Å². The van der Waals surface area contributed by atoms with E-state index in [0.29, 0.717) is 16.2 Å². The van der Waals surface area contributed by atoms with E-state index in [9.17, 15) is 9.90 Å². The molecule has 1 heterocycles. The van der Waals surface area contributed by atoms with Gasteiger partial charge in [0, 0.05) is 12.5 Å². The normalized spacial score (nSPS) is 12.2. The van der Waals surface area contributed by atoms with Crippen LogP contribution in [0.25, 0.3) is 0 Å². The lowest BCUT2D eigenvalue weighted by Gasteiger charge is -2.10. The standard InChI is InChI=1S/C10H15BrN4O2/c1-2-3-8-14-7(11)4-9(15-8)13-5-6(16)10(12)17/h4,6,16H,2-3,5H2,1H3,(H2,12,17)(H,13,14,15). The number of anilines is 1. The number of aryl methyl sites for hydroxylation is 1. The van der Waals surface area contributed by atoms with Crippen LogP contribution in [0.15, 0.2) is 10.7 Å². The van der Waals surface area contributed by atoms with Crippen LogP contribution in [0.5, 0.6) is 0 Å². The molecule has 0 aromatic carbocycles. The highest BCUT2D eigenvalue weighted by Crippen LogP contribution is 2.13. The van der Waals surface area contributed by atoms with Gasteiger partial charge in [-0.3, -0.25) is 4.79 Å². The van der Waals surface area contributed by atoms with Crippen LogP contribution in [0.4, 0.5) is 5.82 Å². The van der Waals surface area contributed by atoms with Crippen molar-refractivity contribution in [3.63, 3.8) is 0 Å². The van der Waals surface area contributed by atoms with Crippen LogP contribution in [0.3, 0.4) is 0 Å². The number of hydrogen-bond acceptors (Lipinski definition) is 5. The molecule has 7 heteroatoms. The molecule has 1 amide bonds. The molecule has 4 N–H and O–H groups in total. The third kappa shape index (κ3) is 4.66. The molecule has 1 atom stereocenters. The maximum atomic E-state index is 10.6.